The van der Waals surface area contributed by atoms with Crippen molar-refractivity contribution in [3.8, 4) is 0 Å². The van der Waals surface area contributed by atoms with Gasteiger partial charge in [-0.05, 0) is 0 Å². The van der Waals surface area contributed by atoms with Crippen LogP contribution in [0.5, 0.6) is 0 Å². The summed E-state index contributed by atoms with van der Waals surface area (Å²) in [5.41, 5.74) is 0.225. The number of hydrogen-bond acceptors (Lipinski definition) is 5. The second kappa shape index (κ2) is 5.37. The topological polar surface area (TPSA) is 88.0 Å². The van der Waals surface area contributed by atoms with Crippen LogP contribution in [-0.4, -0.2) is 9.91 Å². The molecule has 6 nitrogen and oxygen atoms in total. The van der Waals surface area contributed by atoms with Crippen LogP contribution in [-0.2, 0) is 6.54 Å². The quantitative estimate of drug-likeness (QED) is 0.671. The van der Waals surface area contributed by atoms with Gasteiger partial charge in [0.05, 0.1) is 16.5 Å². The van der Waals surface area contributed by atoms with E-state index in [2.05, 4.69) is 10.3 Å². The van der Waals surface area contributed by atoms with Crippen molar-refractivity contribution in [3.05, 3.63) is 53.8 Å². The van der Waals surface area contributed by atoms with Crippen LogP contribution >= 0.6 is 22.9 Å². The number of hydrogen-bond donors (Lipinski definition) is 2. The van der Waals surface area contributed by atoms with Gasteiger partial charge in [0.15, 0.2) is 0 Å². The van der Waals surface area contributed by atoms with Crippen molar-refractivity contribution in [2.24, 2.45) is 0 Å². The molecule has 2 N–H and O–H groups in total. The molecule has 0 aliphatic heterocycles. The van der Waals surface area contributed by atoms with Gasteiger partial charge in [0.2, 0.25) is 0 Å². The summed E-state index contributed by atoms with van der Waals surface area (Å²) in [6.07, 6.45) is 0. The standard InChI is InChI=1S/C10H7ClFN3O3S/c11-6-1-9(15(17)18)8(2-7(6)12)13-3-5-4-19-10(16)14-5/h1-2,4,13H,3H2,(H,14,16). The third-order valence-corrected chi connectivity index (χ3v) is 3.28. The number of aromatic amines is 1. The second-order valence-electron chi connectivity index (χ2n) is 3.57. The van der Waals surface area contributed by atoms with Crippen molar-refractivity contribution in [2.45, 2.75) is 6.54 Å². The molecule has 100 valence electrons. The summed E-state index contributed by atoms with van der Waals surface area (Å²) in [5, 5.41) is 14.8. The SMILES string of the molecule is O=c1[nH]c(CNc2cc(F)c(Cl)cc2[N+](=O)[O-])cs1. The molecule has 0 aliphatic rings. The molecule has 2 aromatic rings. The highest BCUT2D eigenvalue weighted by molar-refractivity contribution is 7.07. The number of thiazole rings is 1. The Morgan fingerprint density at radius 2 is 2.26 bits per heavy atom. The molecule has 0 saturated carbocycles. The van der Waals surface area contributed by atoms with Gasteiger partial charge < -0.3 is 10.3 Å². The average molecular weight is 304 g/mol. The zero-order valence-electron chi connectivity index (χ0n) is 9.28. The minimum atomic E-state index is -0.756. The maximum Gasteiger partial charge on any atom is 0.304 e. The normalized spacial score (nSPS) is 10.4. The van der Waals surface area contributed by atoms with E-state index in [1.807, 2.05) is 0 Å². The van der Waals surface area contributed by atoms with E-state index >= 15 is 0 Å². The molecule has 19 heavy (non-hydrogen) atoms. The summed E-state index contributed by atoms with van der Waals surface area (Å²) in [4.78, 5) is 23.4. The molecule has 0 unspecified atom stereocenters. The zero-order valence-corrected chi connectivity index (χ0v) is 10.8. The first-order chi connectivity index (χ1) is 8.97. The van der Waals surface area contributed by atoms with E-state index in [9.17, 15) is 19.3 Å². The third-order valence-electron chi connectivity index (χ3n) is 2.28. The largest absolute Gasteiger partial charge is 0.374 e. The molecule has 1 aromatic carbocycles. The van der Waals surface area contributed by atoms with Crippen LogP contribution in [0.1, 0.15) is 5.69 Å². The first-order valence-corrected chi connectivity index (χ1v) is 6.27. The van der Waals surface area contributed by atoms with Crippen LogP contribution in [0.3, 0.4) is 0 Å². The summed E-state index contributed by atoms with van der Waals surface area (Å²) < 4.78 is 13.3. The molecule has 0 saturated heterocycles. The highest BCUT2D eigenvalue weighted by Crippen LogP contribution is 2.30. The van der Waals surface area contributed by atoms with E-state index < -0.39 is 10.7 Å². The number of aromatic nitrogens is 1. The highest BCUT2D eigenvalue weighted by Gasteiger charge is 2.17. The molecular weight excluding hydrogens is 297 g/mol. The van der Waals surface area contributed by atoms with E-state index in [1.165, 1.54) is 0 Å². The van der Waals surface area contributed by atoms with Crippen molar-refractivity contribution < 1.29 is 9.31 Å². The summed E-state index contributed by atoms with van der Waals surface area (Å²) in [6.45, 7) is 0.140. The molecule has 0 fully saturated rings. The molecule has 0 amide bonds. The third kappa shape index (κ3) is 3.09. The van der Waals surface area contributed by atoms with Gasteiger partial charge in [0.25, 0.3) is 5.69 Å². The Kier molecular flexibility index (Phi) is 3.82. The number of nitro groups is 1. The number of anilines is 1. The number of rotatable bonds is 4. The van der Waals surface area contributed by atoms with Gasteiger partial charge in [-0.2, -0.15) is 0 Å². The van der Waals surface area contributed by atoms with Crippen molar-refractivity contribution in [1.29, 1.82) is 0 Å². The lowest BCUT2D eigenvalue weighted by Gasteiger charge is -2.06. The molecule has 0 aliphatic carbocycles. The monoisotopic (exact) mass is 303 g/mol. The van der Waals surface area contributed by atoms with Gasteiger partial charge in [-0.1, -0.05) is 22.9 Å². The summed E-state index contributed by atoms with van der Waals surface area (Å²) >= 11 is 6.47. The fourth-order valence-electron chi connectivity index (χ4n) is 1.42. The van der Waals surface area contributed by atoms with Crippen LogP contribution < -0.4 is 10.2 Å². The Morgan fingerprint density at radius 1 is 1.53 bits per heavy atom. The minimum Gasteiger partial charge on any atom is -0.374 e. The lowest BCUT2D eigenvalue weighted by Crippen LogP contribution is -2.05. The summed E-state index contributed by atoms with van der Waals surface area (Å²) in [5.74, 6) is -0.756. The number of H-pyrrole nitrogens is 1. The van der Waals surface area contributed by atoms with Gasteiger partial charge in [0, 0.05) is 23.2 Å². The summed E-state index contributed by atoms with van der Waals surface area (Å²) in [6, 6.07) is 1.89. The van der Waals surface area contributed by atoms with Crippen molar-refractivity contribution in [2.75, 3.05) is 5.32 Å². The molecule has 1 aromatic heterocycles. The summed E-state index contributed by atoms with van der Waals surface area (Å²) in [7, 11) is 0. The lowest BCUT2D eigenvalue weighted by atomic mass is 10.2. The first-order valence-electron chi connectivity index (χ1n) is 5.01. The maximum absolute atomic E-state index is 13.3. The molecular formula is C10H7ClFN3O3S. The molecule has 0 spiro atoms. The predicted molar refractivity (Wildman–Crippen MR) is 70.3 cm³/mol. The maximum atomic E-state index is 13.3. The Hall–Kier alpha value is -1.93. The fourth-order valence-corrected chi connectivity index (χ4v) is 2.16. The number of halogens is 2. The van der Waals surface area contributed by atoms with Crippen molar-refractivity contribution in [1.82, 2.24) is 4.98 Å². The van der Waals surface area contributed by atoms with E-state index in [4.69, 9.17) is 11.6 Å². The number of benzene rings is 1. The predicted octanol–water partition coefficient (Wildman–Crippen LogP) is 2.75. The molecule has 9 heteroatoms. The Bertz CT molecular complexity index is 685. The fraction of sp³-hybridized carbons (Fsp3) is 0.100. The lowest BCUT2D eigenvalue weighted by molar-refractivity contribution is -0.384. The van der Waals surface area contributed by atoms with Crippen molar-refractivity contribution >= 4 is 34.3 Å². The Balaban J connectivity index is 2.26. The molecule has 1 heterocycles. The second-order valence-corrected chi connectivity index (χ2v) is 4.82. The van der Waals surface area contributed by atoms with Crippen LogP contribution in [0, 0.1) is 15.9 Å². The van der Waals surface area contributed by atoms with E-state index in [0.717, 1.165) is 23.5 Å². The van der Waals surface area contributed by atoms with Crippen LogP contribution in [0.4, 0.5) is 15.8 Å². The Morgan fingerprint density at radius 3 is 2.84 bits per heavy atom. The molecule has 0 atom stereocenters. The number of nitrogens with zero attached hydrogens (tertiary/aromatic N) is 1. The number of nitrogens with one attached hydrogen (secondary N) is 2. The van der Waals surface area contributed by atoms with Crippen LogP contribution in [0.25, 0.3) is 0 Å². The van der Waals surface area contributed by atoms with Gasteiger partial charge in [-0.15, -0.1) is 0 Å². The average Bonchev–Trinajstić information content (AvgIpc) is 2.76. The van der Waals surface area contributed by atoms with E-state index in [1.54, 1.807) is 5.38 Å². The van der Waals surface area contributed by atoms with Crippen LogP contribution in [0.2, 0.25) is 5.02 Å². The van der Waals surface area contributed by atoms with Gasteiger partial charge >= 0.3 is 4.87 Å². The zero-order chi connectivity index (χ0) is 14.0. The smallest absolute Gasteiger partial charge is 0.304 e. The minimum absolute atomic E-state index is 0.000973. The molecule has 0 bridgehead atoms. The Labute approximate surface area is 115 Å². The first kappa shape index (κ1) is 13.5. The van der Waals surface area contributed by atoms with E-state index in [-0.39, 0.29) is 27.8 Å². The molecule has 0 radical (unpaired) electrons. The van der Waals surface area contributed by atoms with Gasteiger partial charge in [-0.25, -0.2) is 4.39 Å². The van der Waals surface area contributed by atoms with Crippen LogP contribution in [0.15, 0.2) is 22.3 Å². The highest BCUT2D eigenvalue weighted by atomic mass is 35.5. The van der Waals surface area contributed by atoms with Crippen molar-refractivity contribution in [3.63, 3.8) is 0 Å². The number of nitro benzene ring substituents is 1. The van der Waals surface area contributed by atoms with Gasteiger partial charge in [0.1, 0.15) is 11.5 Å². The molecule has 2 rings (SSSR count). The van der Waals surface area contributed by atoms with Gasteiger partial charge in [-0.3, -0.25) is 14.9 Å². The van der Waals surface area contributed by atoms with E-state index in [0.29, 0.717) is 5.69 Å².